The van der Waals surface area contributed by atoms with E-state index in [9.17, 15) is 4.79 Å². The molecule has 0 atom stereocenters. The van der Waals surface area contributed by atoms with E-state index < -0.39 is 0 Å². The second kappa shape index (κ2) is 9.42. The van der Waals surface area contributed by atoms with Crippen LogP contribution in [0.25, 0.3) is 0 Å². The number of amides is 1. The lowest BCUT2D eigenvalue weighted by molar-refractivity contribution is 0.0729. The van der Waals surface area contributed by atoms with E-state index >= 15 is 0 Å². The molecule has 1 amide bonds. The van der Waals surface area contributed by atoms with Crippen molar-refractivity contribution in [3.05, 3.63) is 101 Å². The summed E-state index contributed by atoms with van der Waals surface area (Å²) in [7, 11) is 1.68. The molecule has 0 N–H and O–H groups in total. The van der Waals surface area contributed by atoms with Crippen molar-refractivity contribution in [2.45, 2.75) is 39.8 Å². The standard InChI is InChI=1S/C26H29NO2/c1-19(2)23-16-24(20(3)15-25(23)29-4)26(28)27(17-21-11-7-5-8-12-21)18-22-13-9-6-10-14-22/h5-16,19H,17-18H2,1-4H3. The van der Waals surface area contributed by atoms with Crippen LogP contribution in [0.3, 0.4) is 0 Å². The van der Waals surface area contributed by atoms with Gasteiger partial charge in [0.15, 0.2) is 0 Å². The van der Waals surface area contributed by atoms with Crippen molar-refractivity contribution < 1.29 is 9.53 Å². The summed E-state index contributed by atoms with van der Waals surface area (Å²) in [5.41, 5.74) is 4.96. The van der Waals surface area contributed by atoms with Crippen LogP contribution in [0.5, 0.6) is 5.75 Å². The van der Waals surface area contributed by atoms with Crippen LogP contribution in [0.4, 0.5) is 0 Å². The van der Waals surface area contributed by atoms with Crippen LogP contribution in [-0.4, -0.2) is 17.9 Å². The fourth-order valence-corrected chi connectivity index (χ4v) is 3.53. The molecule has 0 unspecified atom stereocenters. The second-order valence-corrected chi connectivity index (χ2v) is 7.70. The van der Waals surface area contributed by atoms with Crippen LogP contribution in [0.15, 0.2) is 72.8 Å². The number of benzene rings is 3. The first-order chi connectivity index (χ1) is 14.0. The topological polar surface area (TPSA) is 29.5 Å². The monoisotopic (exact) mass is 387 g/mol. The summed E-state index contributed by atoms with van der Waals surface area (Å²) in [5.74, 6) is 1.15. The molecule has 0 aliphatic rings. The summed E-state index contributed by atoms with van der Waals surface area (Å²) in [6, 6.07) is 24.3. The molecule has 0 aliphatic heterocycles. The molecule has 3 rings (SSSR count). The minimum atomic E-state index is 0.0414. The molecule has 3 heteroatoms. The van der Waals surface area contributed by atoms with E-state index in [0.717, 1.165) is 33.6 Å². The fraction of sp³-hybridized carbons (Fsp3) is 0.269. The van der Waals surface area contributed by atoms with Crippen LogP contribution < -0.4 is 4.74 Å². The van der Waals surface area contributed by atoms with Crippen LogP contribution >= 0.6 is 0 Å². The Morgan fingerprint density at radius 2 is 1.41 bits per heavy atom. The van der Waals surface area contributed by atoms with Gasteiger partial charge in [-0.1, -0.05) is 74.5 Å². The number of hydrogen-bond acceptors (Lipinski definition) is 2. The quantitative estimate of drug-likeness (QED) is 0.500. The van der Waals surface area contributed by atoms with Gasteiger partial charge < -0.3 is 9.64 Å². The highest BCUT2D eigenvalue weighted by Gasteiger charge is 2.21. The van der Waals surface area contributed by atoms with Crippen molar-refractivity contribution in [2.75, 3.05) is 7.11 Å². The number of methoxy groups -OCH3 is 1. The van der Waals surface area contributed by atoms with Gasteiger partial charge in [-0.05, 0) is 47.2 Å². The molecule has 3 aromatic carbocycles. The Labute approximate surface area is 174 Å². The van der Waals surface area contributed by atoms with Gasteiger partial charge in [0.25, 0.3) is 5.91 Å². The number of carbonyl (C=O) groups is 1. The Bertz CT molecular complexity index is 908. The van der Waals surface area contributed by atoms with Gasteiger partial charge >= 0.3 is 0 Å². The molecule has 150 valence electrons. The third-order valence-corrected chi connectivity index (χ3v) is 5.15. The highest BCUT2D eigenvalue weighted by Crippen LogP contribution is 2.30. The van der Waals surface area contributed by atoms with Crippen LogP contribution in [0, 0.1) is 6.92 Å². The lowest BCUT2D eigenvalue weighted by atomic mass is 9.95. The molecule has 0 heterocycles. The van der Waals surface area contributed by atoms with Crippen molar-refractivity contribution in [3.63, 3.8) is 0 Å². The maximum absolute atomic E-state index is 13.6. The average Bonchev–Trinajstić information content (AvgIpc) is 2.73. The minimum Gasteiger partial charge on any atom is -0.496 e. The number of carbonyl (C=O) groups excluding carboxylic acids is 1. The smallest absolute Gasteiger partial charge is 0.254 e. The third-order valence-electron chi connectivity index (χ3n) is 5.15. The van der Waals surface area contributed by atoms with Gasteiger partial charge in [-0.2, -0.15) is 0 Å². The number of rotatable bonds is 7. The first-order valence-electron chi connectivity index (χ1n) is 10.0. The molecule has 0 aromatic heterocycles. The minimum absolute atomic E-state index is 0.0414. The zero-order valence-electron chi connectivity index (χ0n) is 17.7. The molecule has 0 bridgehead atoms. The summed E-state index contributed by atoms with van der Waals surface area (Å²) in [5, 5.41) is 0. The molecule has 0 aliphatic carbocycles. The second-order valence-electron chi connectivity index (χ2n) is 7.70. The van der Waals surface area contributed by atoms with Crippen molar-refractivity contribution >= 4 is 5.91 Å². The molecule has 0 saturated heterocycles. The summed E-state index contributed by atoms with van der Waals surface area (Å²) in [4.78, 5) is 15.6. The van der Waals surface area contributed by atoms with Crippen molar-refractivity contribution in [1.82, 2.24) is 4.90 Å². The van der Waals surface area contributed by atoms with Gasteiger partial charge in [-0.15, -0.1) is 0 Å². The van der Waals surface area contributed by atoms with E-state index in [-0.39, 0.29) is 11.8 Å². The molecule has 0 saturated carbocycles. The molecular weight excluding hydrogens is 358 g/mol. The van der Waals surface area contributed by atoms with E-state index in [1.54, 1.807) is 7.11 Å². The average molecular weight is 388 g/mol. The Balaban J connectivity index is 1.98. The van der Waals surface area contributed by atoms with Crippen molar-refractivity contribution in [3.8, 4) is 5.75 Å². The SMILES string of the molecule is COc1cc(C)c(C(=O)N(Cc2ccccc2)Cc2ccccc2)cc1C(C)C. The summed E-state index contributed by atoms with van der Waals surface area (Å²) >= 11 is 0. The first-order valence-corrected chi connectivity index (χ1v) is 10.0. The largest absolute Gasteiger partial charge is 0.496 e. The lowest BCUT2D eigenvalue weighted by Crippen LogP contribution is -2.30. The zero-order chi connectivity index (χ0) is 20.8. The summed E-state index contributed by atoms with van der Waals surface area (Å²) in [6.07, 6.45) is 0. The van der Waals surface area contributed by atoms with E-state index in [1.807, 2.05) is 60.4 Å². The summed E-state index contributed by atoms with van der Waals surface area (Å²) < 4.78 is 5.55. The molecule has 3 aromatic rings. The fourth-order valence-electron chi connectivity index (χ4n) is 3.53. The number of aryl methyl sites for hydroxylation is 1. The highest BCUT2D eigenvalue weighted by atomic mass is 16.5. The number of ether oxygens (including phenoxy) is 1. The number of nitrogens with zero attached hydrogens (tertiary/aromatic N) is 1. The Kier molecular flexibility index (Phi) is 6.71. The van der Waals surface area contributed by atoms with Gasteiger partial charge in [0.2, 0.25) is 0 Å². The molecule has 3 nitrogen and oxygen atoms in total. The van der Waals surface area contributed by atoms with Gasteiger partial charge in [0.1, 0.15) is 5.75 Å². The van der Waals surface area contributed by atoms with Gasteiger partial charge in [0.05, 0.1) is 7.11 Å². The molecule has 0 spiro atoms. The zero-order valence-corrected chi connectivity index (χ0v) is 17.7. The predicted octanol–water partition coefficient (Wildman–Crippen LogP) is 5.97. The lowest BCUT2D eigenvalue weighted by Gasteiger charge is -2.25. The van der Waals surface area contributed by atoms with Gasteiger partial charge in [0, 0.05) is 18.7 Å². The Hall–Kier alpha value is -3.07. The van der Waals surface area contributed by atoms with Crippen LogP contribution in [0.1, 0.15) is 52.4 Å². The predicted molar refractivity (Wildman–Crippen MR) is 118 cm³/mol. The normalized spacial score (nSPS) is 10.8. The van der Waals surface area contributed by atoms with Gasteiger partial charge in [-0.3, -0.25) is 4.79 Å². The maximum atomic E-state index is 13.6. The van der Waals surface area contributed by atoms with E-state index in [2.05, 4.69) is 38.1 Å². The molecule has 29 heavy (non-hydrogen) atoms. The van der Waals surface area contributed by atoms with E-state index in [0.29, 0.717) is 13.1 Å². The summed E-state index contributed by atoms with van der Waals surface area (Å²) in [6.45, 7) is 7.34. The Morgan fingerprint density at radius 1 is 0.897 bits per heavy atom. The highest BCUT2D eigenvalue weighted by molar-refractivity contribution is 5.96. The molecular formula is C26H29NO2. The van der Waals surface area contributed by atoms with Crippen molar-refractivity contribution in [1.29, 1.82) is 0 Å². The van der Waals surface area contributed by atoms with E-state index in [4.69, 9.17) is 4.74 Å². The molecule has 0 radical (unpaired) electrons. The third kappa shape index (κ3) is 5.05. The number of hydrogen-bond donors (Lipinski definition) is 0. The maximum Gasteiger partial charge on any atom is 0.254 e. The van der Waals surface area contributed by atoms with Gasteiger partial charge in [-0.25, -0.2) is 0 Å². The first kappa shape index (κ1) is 20.7. The van der Waals surface area contributed by atoms with E-state index in [1.165, 1.54) is 0 Å². The van der Waals surface area contributed by atoms with Crippen molar-refractivity contribution in [2.24, 2.45) is 0 Å². The van der Waals surface area contributed by atoms with Crippen LogP contribution in [0.2, 0.25) is 0 Å². The van der Waals surface area contributed by atoms with Crippen LogP contribution in [-0.2, 0) is 13.1 Å². The Morgan fingerprint density at radius 3 is 1.86 bits per heavy atom. The molecule has 0 fully saturated rings.